The van der Waals surface area contributed by atoms with Crippen LogP contribution in [0.3, 0.4) is 0 Å². The molecule has 2 heterocycles. The van der Waals surface area contributed by atoms with Crippen LogP contribution in [0.1, 0.15) is 66.3 Å². The van der Waals surface area contributed by atoms with Gasteiger partial charge in [-0.1, -0.05) is 85.0 Å². The zero-order valence-corrected chi connectivity index (χ0v) is 45.1. The van der Waals surface area contributed by atoms with E-state index in [-0.39, 0.29) is 11.1 Å². The zero-order valence-electron chi connectivity index (χ0n) is 36.6. The molecule has 8 rings (SSSR count). The van der Waals surface area contributed by atoms with E-state index < -0.39 is 62.9 Å². The fourth-order valence-corrected chi connectivity index (χ4v) is 24.6. The molecule has 4 aromatic carbocycles. The van der Waals surface area contributed by atoms with Gasteiger partial charge in [0.15, 0.2) is 0 Å². The minimum absolute atomic E-state index is 0.175. The van der Waals surface area contributed by atoms with E-state index in [9.17, 15) is 9.59 Å². The molecular formula is C50H63InN4O2Si2Zr. The predicted molar refractivity (Wildman–Crippen MR) is 258 cm³/mol. The molecule has 60 heavy (non-hydrogen) atoms. The van der Waals surface area contributed by atoms with E-state index in [0.717, 1.165) is 0 Å². The van der Waals surface area contributed by atoms with E-state index in [1.807, 2.05) is 75.7 Å². The van der Waals surface area contributed by atoms with Gasteiger partial charge in [-0.2, -0.15) is 0 Å². The van der Waals surface area contributed by atoms with Gasteiger partial charge in [0.1, 0.15) is 0 Å². The number of likely N-dealkylation sites (tertiary alicyclic amines) is 2. The molecule has 10 heteroatoms. The Bertz CT molecular complexity index is 2010. The van der Waals surface area contributed by atoms with Crippen LogP contribution in [0.4, 0.5) is 9.59 Å². The molecule has 310 valence electrons. The molecule has 0 spiro atoms. The van der Waals surface area contributed by atoms with Gasteiger partial charge in [-0.15, -0.1) is 0 Å². The second-order valence-electron chi connectivity index (χ2n) is 18.0. The van der Waals surface area contributed by atoms with E-state index >= 15 is 0 Å². The van der Waals surface area contributed by atoms with Crippen LogP contribution in [0, 0.1) is 0 Å². The van der Waals surface area contributed by atoms with Crippen molar-refractivity contribution < 1.29 is 32.8 Å². The fraction of sp³-hybridized carbons (Fsp3) is 0.320. The molecule has 2 saturated heterocycles. The van der Waals surface area contributed by atoms with Crippen LogP contribution in [0.2, 0.25) is 39.3 Å². The van der Waals surface area contributed by atoms with Crippen LogP contribution in [0.5, 0.6) is 0 Å². The number of hydrogen-bond acceptors (Lipinski definition) is 4. The van der Waals surface area contributed by atoms with Gasteiger partial charge in [0.25, 0.3) is 0 Å². The average Bonchev–Trinajstić information content (AvgIpc) is 4.08. The van der Waals surface area contributed by atoms with Crippen molar-refractivity contribution >= 4 is 74.2 Å². The van der Waals surface area contributed by atoms with E-state index in [1.165, 1.54) is 74.1 Å². The van der Waals surface area contributed by atoms with Crippen molar-refractivity contribution in [2.45, 2.75) is 72.2 Å². The second-order valence-corrected chi connectivity index (χ2v) is 34.8. The minimum atomic E-state index is -1.72. The molecule has 2 N–H and O–H groups in total. The maximum absolute atomic E-state index is 11.6. The molecule has 4 aromatic rings. The first-order valence-electron chi connectivity index (χ1n) is 21.8. The van der Waals surface area contributed by atoms with E-state index in [4.69, 9.17) is 0 Å². The molecule has 0 saturated carbocycles. The number of nitrogens with zero attached hydrogens (tertiary/aromatic N) is 2. The third-order valence-electron chi connectivity index (χ3n) is 11.2. The van der Waals surface area contributed by atoms with Crippen LogP contribution in [-0.4, -0.2) is 86.7 Å². The predicted octanol–water partition coefficient (Wildman–Crippen LogP) is 11.4. The number of rotatable bonds is 11. The van der Waals surface area contributed by atoms with Crippen LogP contribution < -0.4 is 6.61 Å². The van der Waals surface area contributed by atoms with Gasteiger partial charge in [-0.3, -0.25) is 0 Å². The molecule has 0 bridgehead atoms. The Labute approximate surface area is 385 Å². The number of carbonyl (C=O) groups is 2. The van der Waals surface area contributed by atoms with Gasteiger partial charge in [0.2, 0.25) is 0 Å². The van der Waals surface area contributed by atoms with Crippen LogP contribution in [0.25, 0.3) is 23.5 Å². The summed E-state index contributed by atoms with van der Waals surface area (Å²) in [5.41, 5.74) is 12.1. The van der Waals surface area contributed by atoms with Gasteiger partial charge >= 0.3 is 293 Å². The molecule has 2 fully saturated rings. The quantitative estimate of drug-likeness (QED) is 0.116. The van der Waals surface area contributed by atoms with Gasteiger partial charge < -0.3 is 0 Å². The number of carbonyl (C=O) groups excluding carboxylic acids is 2. The van der Waals surface area contributed by atoms with Crippen molar-refractivity contribution in [1.82, 2.24) is 16.4 Å². The van der Waals surface area contributed by atoms with Crippen LogP contribution in [0.15, 0.2) is 133 Å². The fourth-order valence-electron chi connectivity index (χ4n) is 7.81. The Morgan fingerprint density at radius 2 is 0.900 bits per heavy atom. The molecule has 2 amide bonds. The summed E-state index contributed by atoms with van der Waals surface area (Å²) in [6.45, 7) is 17.0. The SMILES string of the molecule is C(C=Cc1ccccc1)=Cc1ccccc1.C1=C(N2CCCC2)c2ccccc2[CH]1[Zr][CH]1C=C(N2CCCC2)c2ccccc21.C[Si](C)(C)C(=O)[NH][InH][NH]C(=O)[Si](C)(C)C. The summed E-state index contributed by atoms with van der Waals surface area (Å²) < 4.78 is 7.28. The number of benzene rings is 4. The third kappa shape index (κ3) is 13.0. The molecule has 2 aliphatic heterocycles. The Hall–Kier alpha value is -3.43. The summed E-state index contributed by atoms with van der Waals surface area (Å²) in [4.78, 5) is 28.4. The normalized spacial score (nSPS) is 18.1. The van der Waals surface area contributed by atoms with Gasteiger partial charge in [0, 0.05) is 0 Å². The molecule has 0 aromatic heterocycles. The zero-order chi connectivity index (χ0) is 42.5. The second kappa shape index (κ2) is 22.1. The Morgan fingerprint density at radius 1 is 0.550 bits per heavy atom. The van der Waals surface area contributed by atoms with Crippen LogP contribution >= 0.6 is 0 Å². The van der Waals surface area contributed by atoms with Gasteiger partial charge in [-0.05, 0) is 11.1 Å². The van der Waals surface area contributed by atoms with Crippen molar-refractivity contribution in [1.29, 1.82) is 0 Å². The first kappa shape index (κ1) is 46.1. The standard InChI is InChI=1S/C16H14.2C13H14N.2C4H11NOSi.In.Zr.H/c1-3-9-15(10-4-1)13-7-8-14-16-11-5-2-6-12-16;2*1-2-6-12-11(5-1)7-8-13(12)14-9-3-4-10-14;2*1-7(2,3)4(5)6;;;/h1-14H;2*1-2,5-8H,3-4,9-10H2;2*1-3H3,(H2,5,6);;;/q;;;;;+2;;/p-2. The summed E-state index contributed by atoms with van der Waals surface area (Å²) in [6.07, 6.45) is 19.0. The molecule has 2 aliphatic carbocycles. The van der Waals surface area contributed by atoms with Crippen molar-refractivity contribution in [2.24, 2.45) is 0 Å². The monoisotopic (exact) mass is 1010 g/mol. The Balaban J connectivity index is 0.000000167. The number of fused-ring (bicyclic) bond motifs is 2. The molecule has 4 aliphatic rings. The molecule has 2 unspecified atom stereocenters. The van der Waals surface area contributed by atoms with Crippen LogP contribution in [-0.2, 0) is 23.2 Å². The number of nitrogens with one attached hydrogen (secondary N) is 2. The van der Waals surface area contributed by atoms with Crippen molar-refractivity contribution in [2.75, 3.05) is 26.2 Å². The summed E-state index contributed by atoms with van der Waals surface area (Å²) in [6, 6.07) is 39.1. The number of allylic oxidation sites excluding steroid dienone is 4. The summed E-state index contributed by atoms with van der Waals surface area (Å²) in [5, 5.41) is 0. The molecule has 6 nitrogen and oxygen atoms in total. The van der Waals surface area contributed by atoms with Gasteiger partial charge in [0.05, 0.1) is 0 Å². The summed E-state index contributed by atoms with van der Waals surface area (Å²) in [5.74, 6) is 0. The topological polar surface area (TPSA) is 64.7 Å². The molecule has 2 atom stereocenters. The van der Waals surface area contributed by atoms with E-state index in [0.29, 0.717) is 7.25 Å². The number of amides is 2. The van der Waals surface area contributed by atoms with Crippen molar-refractivity contribution in [3.63, 3.8) is 0 Å². The summed E-state index contributed by atoms with van der Waals surface area (Å²) in [7, 11) is -3.43. The third-order valence-corrected chi connectivity index (χ3v) is 23.2. The van der Waals surface area contributed by atoms with Crippen molar-refractivity contribution in [3.05, 3.63) is 167 Å². The first-order chi connectivity index (χ1) is 28.9. The molecule has 0 radical (unpaired) electrons. The van der Waals surface area contributed by atoms with Gasteiger partial charge in [-0.25, -0.2) is 0 Å². The maximum atomic E-state index is 11.6. The van der Waals surface area contributed by atoms with E-state index in [1.54, 1.807) is 22.5 Å². The Kier molecular flexibility index (Phi) is 17.0. The average molecular weight is 1010 g/mol. The first-order valence-corrected chi connectivity index (χ1v) is 35.7. The number of hydrogen-bond donors (Lipinski definition) is 2. The molecular weight excluding hydrogens is 951 g/mol. The van der Waals surface area contributed by atoms with E-state index in [2.05, 4.69) is 126 Å². The van der Waals surface area contributed by atoms with Crippen molar-refractivity contribution in [3.8, 4) is 0 Å². The Morgan fingerprint density at radius 3 is 1.27 bits per heavy atom. The summed E-state index contributed by atoms with van der Waals surface area (Å²) >= 11 is -2.33.